The number of nitrogens with zero attached hydrogens (tertiary/aromatic N) is 3. The van der Waals surface area contributed by atoms with Crippen molar-refractivity contribution in [2.45, 2.75) is 128 Å². The molecule has 0 spiro atoms. The number of hydrogen-bond acceptors (Lipinski definition) is 16. The van der Waals surface area contributed by atoms with Crippen LogP contribution in [-0.4, -0.2) is 98.7 Å². The van der Waals surface area contributed by atoms with Gasteiger partial charge < -0.3 is 40.7 Å². The summed E-state index contributed by atoms with van der Waals surface area (Å²) in [5.74, 6) is 0.337. The van der Waals surface area contributed by atoms with Crippen molar-refractivity contribution in [2.24, 2.45) is 11.8 Å². The molecule has 4 aromatic rings. The van der Waals surface area contributed by atoms with Gasteiger partial charge in [-0.25, -0.2) is 9.59 Å². The first-order valence-electron chi connectivity index (χ1n) is 23.6. The third-order valence-electron chi connectivity index (χ3n) is 12.2. The summed E-state index contributed by atoms with van der Waals surface area (Å²) >= 11 is 0. The summed E-state index contributed by atoms with van der Waals surface area (Å²) in [6.45, 7) is 4.75. The number of imide groups is 2. The number of rotatable bonds is 14. The fourth-order valence-electron chi connectivity index (χ4n) is 8.84. The molecule has 4 fully saturated rings. The quantitative estimate of drug-likeness (QED) is 0.0526. The molecule has 4 atom stereocenters. The summed E-state index contributed by atoms with van der Waals surface area (Å²) in [7, 11) is -3.56. The maximum atomic E-state index is 13.3. The Balaban J connectivity index is 0.000000414. The van der Waals surface area contributed by atoms with Crippen molar-refractivity contribution in [1.82, 2.24) is 31.2 Å². The van der Waals surface area contributed by atoms with Crippen LogP contribution in [0.3, 0.4) is 0 Å². The van der Waals surface area contributed by atoms with Crippen molar-refractivity contribution in [1.29, 1.82) is 0 Å². The Bertz CT molecular complexity index is 2630. The molecule has 75 heavy (non-hydrogen) atoms. The van der Waals surface area contributed by atoms with Gasteiger partial charge in [0.15, 0.2) is 22.6 Å². The summed E-state index contributed by atoms with van der Waals surface area (Å²) < 4.78 is 130. The average Bonchev–Trinajstić information content (AvgIpc) is 3.99. The van der Waals surface area contributed by atoms with Crippen molar-refractivity contribution >= 4 is 62.4 Å². The molecule has 2 saturated carbocycles. The topological polar surface area (TPSA) is 271 Å². The van der Waals surface area contributed by atoms with Gasteiger partial charge in [-0.2, -0.15) is 34.8 Å². The van der Waals surface area contributed by atoms with Gasteiger partial charge in [0.25, 0.3) is 16.6 Å². The van der Waals surface area contributed by atoms with Crippen molar-refractivity contribution in [3.63, 3.8) is 0 Å². The van der Waals surface area contributed by atoms with E-state index in [0.717, 1.165) is 51.2 Å². The van der Waals surface area contributed by atoms with E-state index >= 15 is 0 Å². The SMILES string of the molecule is CCCc1c(OC2CCCC[C@H]2CN2C(=O)CCNC2=O)ccc2c(C(F)(F)F)noc12.CCCc1c(OC2CCCC[C@H]2COS(C)(=O)=O)ccc2c(C(F)(F)F)noc12.O=C1CCNC(=O)N1.O=CO[O-].[Cs+].[Cs+].[H-]. The maximum absolute atomic E-state index is 13.3. The first-order chi connectivity index (χ1) is 34.6. The number of benzene rings is 2. The van der Waals surface area contributed by atoms with E-state index in [1.165, 1.54) is 23.1 Å². The Morgan fingerprint density at radius 1 is 0.760 bits per heavy atom. The van der Waals surface area contributed by atoms with Crippen molar-refractivity contribution in [2.75, 3.05) is 32.5 Å². The van der Waals surface area contributed by atoms with E-state index in [2.05, 4.69) is 31.2 Å². The Labute approximate surface area is 547 Å². The minimum atomic E-state index is -4.60. The summed E-state index contributed by atoms with van der Waals surface area (Å²) in [6.07, 6.45) is 1.00. The van der Waals surface area contributed by atoms with Crippen LogP contribution in [0, 0.1) is 11.8 Å². The van der Waals surface area contributed by atoms with Crippen LogP contribution in [0.2, 0.25) is 0 Å². The molecule has 4 heterocycles. The van der Waals surface area contributed by atoms with Crippen LogP contribution in [0.25, 0.3) is 21.9 Å². The summed E-state index contributed by atoms with van der Waals surface area (Å²) in [6, 6.07) is 4.94. The van der Waals surface area contributed by atoms with Crippen molar-refractivity contribution in [3.8, 4) is 11.5 Å². The Morgan fingerprint density at radius 2 is 1.23 bits per heavy atom. The standard InChI is InChI=1S/C22H26F3N3O4.C19H24F3NO5S.C4H6N2O2.CH2O3.2Cs.H/c1-2-5-14-17(9-8-15-19(14)32-27-20(15)22(23,24)25)31-16-7-4-3-6-13(16)12-28-18(29)10-11-26-21(28)30;1-3-6-13-16(10-9-14-17(13)28-23-18(14)19(20,21)22)27-15-8-5-4-7-12(15)11-26-29(2,24)25;7-3-1-2-5-4(8)6-3;2-1-4-3;;;/h8-9,13,16H,2-7,10-12H2,1H3,(H,26,30);9-10,12,15H,3-8,11H2,1-2H3;1-2H2,(H2,5,6,7,8);1,3H;;;/q;;;;2*+1;-1/p-1/t13-,16?;12-,15?;;;;;/m00...../s1. The molecule has 3 N–H and O–H groups in total. The predicted octanol–water partition coefficient (Wildman–Crippen LogP) is 1.16. The summed E-state index contributed by atoms with van der Waals surface area (Å²) in [4.78, 5) is 57.4. The molecular formula is C46H58Cs2F6N6O14S. The maximum Gasteiger partial charge on any atom is 1.00 e. The number of aryl methyl sites for hydroxylation is 2. The number of hydrogen-bond donors (Lipinski definition) is 3. The zero-order chi connectivity index (χ0) is 53.5. The number of aromatic nitrogens is 2. The van der Waals surface area contributed by atoms with E-state index in [1.807, 2.05) is 13.8 Å². The van der Waals surface area contributed by atoms with Crippen LogP contribution in [0.15, 0.2) is 33.3 Å². The molecule has 2 unspecified atom stereocenters. The van der Waals surface area contributed by atoms with Crippen LogP contribution in [-0.2, 0) is 58.8 Å². The Kier molecular flexibility index (Phi) is 28.3. The molecule has 2 aromatic heterocycles. The first-order valence-corrected chi connectivity index (χ1v) is 25.4. The third kappa shape index (κ3) is 19.9. The zero-order valence-corrected chi connectivity index (χ0v) is 55.5. The van der Waals surface area contributed by atoms with E-state index in [0.29, 0.717) is 74.2 Å². The van der Waals surface area contributed by atoms with Crippen LogP contribution in [0.4, 0.5) is 35.9 Å². The van der Waals surface area contributed by atoms with Crippen LogP contribution in [0.1, 0.15) is 115 Å². The molecule has 29 heteroatoms. The molecular weight excluding hydrogens is 1270 g/mol. The fraction of sp³-hybridized carbons (Fsp3) is 0.587. The number of alkyl halides is 6. The molecule has 0 bridgehead atoms. The molecule has 2 saturated heterocycles. The molecule has 6 amide bonds. The number of carbonyl (C=O) groups is 5. The van der Waals surface area contributed by atoms with Crippen molar-refractivity contribution in [3.05, 3.63) is 46.8 Å². The van der Waals surface area contributed by atoms with Crippen molar-refractivity contribution < 1.29 is 231 Å². The molecule has 406 valence electrons. The van der Waals surface area contributed by atoms with E-state index in [-0.39, 0.29) is 235 Å². The van der Waals surface area contributed by atoms with Crippen LogP contribution in [0.5, 0.6) is 11.5 Å². The largest absolute Gasteiger partial charge is 1.00 e. The second kappa shape index (κ2) is 31.6. The number of amides is 6. The van der Waals surface area contributed by atoms with Gasteiger partial charge in [-0.05, 0) is 75.6 Å². The van der Waals surface area contributed by atoms with Gasteiger partial charge in [-0.15, -0.1) is 0 Å². The van der Waals surface area contributed by atoms with Gasteiger partial charge in [0.2, 0.25) is 11.8 Å². The van der Waals surface area contributed by atoms with Gasteiger partial charge in [-0.1, -0.05) is 49.8 Å². The molecule has 8 rings (SSSR count). The molecule has 2 aromatic carbocycles. The fourth-order valence-corrected chi connectivity index (χ4v) is 9.26. The molecule has 20 nitrogen and oxygen atoms in total. The minimum Gasteiger partial charge on any atom is -1.00 e. The molecule has 0 radical (unpaired) electrons. The van der Waals surface area contributed by atoms with Crippen LogP contribution < -0.4 is 168 Å². The Hall–Kier alpha value is -2.12. The monoisotopic (exact) mass is 1330 g/mol. The number of nitrogens with one attached hydrogen (secondary N) is 3. The van der Waals surface area contributed by atoms with Crippen LogP contribution >= 0.6 is 0 Å². The Morgan fingerprint density at radius 3 is 1.64 bits per heavy atom. The first kappa shape index (κ1) is 67.2. The van der Waals surface area contributed by atoms with Gasteiger partial charge in [0, 0.05) is 55.4 Å². The normalized spacial score (nSPS) is 19.9. The summed E-state index contributed by atoms with van der Waals surface area (Å²) in [5, 5.41) is 22.0. The average molecular weight is 1330 g/mol. The molecule has 2 aliphatic carbocycles. The molecule has 4 aliphatic rings. The minimum absolute atomic E-state index is 0. The van der Waals surface area contributed by atoms with Gasteiger partial charge in [-0.3, -0.25) is 28.8 Å². The smallest absolute Gasteiger partial charge is 1.00 e. The van der Waals surface area contributed by atoms with E-state index in [4.69, 9.17) is 32.8 Å². The number of halogens is 6. The van der Waals surface area contributed by atoms with E-state index in [9.17, 15) is 53.9 Å². The second-order valence-electron chi connectivity index (χ2n) is 17.5. The van der Waals surface area contributed by atoms with E-state index in [1.54, 1.807) is 6.07 Å². The summed E-state index contributed by atoms with van der Waals surface area (Å²) in [5.41, 5.74) is -0.813. The molecule has 2 aliphatic heterocycles. The van der Waals surface area contributed by atoms with Gasteiger partial charge >= 0.3 is 162 Å². The van der Waals surface area contributed by atoms with Gasteiger partial charge in [0.05, 0.1) is 23.6 Å². The number of carbonyl (C=O) groups excluding carboxylic acids is 5. The zero-order valence-electron chi connectivity index (χ0n) is 43.2. The number of urea groups is 2. The predicted molar refractivity (Wildman–Crippen MR) is 244 cm³/mol. The number of fused-ring (bicyclic) bond motifs is 2. The van der Waals surface area contributed by atoms with E-state index < -0.39 is 33.9 Å². The second-order valence-corrected chi connectivity index (χ2v) is 19.2. The van der Waals surface area contributed by atoms with Gasteiger partial charge in [0.1, 0.15) is 23.7 Å². The number of ether oxygens (including phenoxy) is 2. The third-order valence-corrected chi connectivity index (χ3v) is 12.7.